The number of aliphatic carboxylic acids is 1. The fourth-order valence-corrected chi connectivity index (χ4v) is 1.97. The second kappa shape index (κ2) is 8.28. The lowest BCUT2D eigenvalue weighted by atomic mass is 9.99. The van der Waals surface area contributed by atoms with Crippen molar-refractivity contribution in [3.8, 4) is 0 Å². The van der Waals surface area contributed by atoms with Crippen LogP contribution in [0.25, 0.3) is 0 Å². The molecule has 0 aromatic carbocycles. The van der Waals surface area contributed by atoms with Crippen LogP contribution in [0.4, 0.5) is 4.79 Å². The maximum Gasteiger partial charge on any atom is 0.317 e. The van der Waals surface area contributed by atoms with Gasteiger partial charge in [0.2, 0.25) is 0 Å². The van der Waals surface area contributed by atoms with Gasteiger partial charge in [0.15, 0.2) is 5.76 Å². The van der Waals surface area contributed by atoms with E-state index in [4.69, 9.17) is 9.63 Å². The quantitative estimate of drug-likeness (QED) is 0.767. The number of rotatable bonds is 8. The number of amides is 2. The summed E-state index contributed by atoms with van der Waals surface area (Å²) >= 11 is 0. The third-order valence-corrected chi connectivity index (χ3v) is 3.40. The molecule has 0 aliphatic rings. The van der Waals surface area contributed by atoms with E-state index in [1.807, 2.05) is 6.07 Å². The van der Waals surface area contributed by atoms with Gasteiger partial charge in [-0.05, 0) is 12.8 Å². The minimum absolute atomic E-state index is 0.0783. The van der Waals surface area contributed by atoms with E-state index < -0.39 is 5.97 Å². The summed E-state index contributed by atoms with van der Waals surface area (Å²) in [5.41, 5.74) is 0.906. The van der Waals surface area contributed by atoms with Gasteiger partial charge in [0.25, 0.3) is 0 Å². The molecule has 1 rings (SSSR count). The molecule has 1 heterocycles. The van der Waals surface area contributed by atoms with Crippen LogP contribution >= 0.6 is 0 Å². The average Bonchev–Trinajstić information content (AvgIpc) is 2.92. The fourth-order valence-electron chi connectivity index (χ4n) is 1.97. The Morgan fingerprint density at radius 1 is 1.43 bits per heavy atom. The number of carbonyl (C=O) groups excluding carboxylic acids is 1. The molecule has 7 nitrogen and oxygen atoms in total. The number of carboxylic acids is 1. The van der Waals surface area contributed by atoms with Crippen molar-refractivity contribution >= 4 is 12.0 Å². The van der Waals surface area contributed by atoms with Crippen LogP contribution in [0.5, 0.6) is 0 Å². The van der Waals surface area contributed by atoms with Crippen LogP contribution in [-0.4, -0.2) is 40.8 Å². The number of nitrogens with zero attached hydrogens (tertiary/aromatic N) is 2. The average molecular weight is 297 g/mol. The van der Waals surface area contributed by atoms with Crippen molar-refractivity contribution in [2.45, 2.75) is 45.6 Å². The molecular weight excluding hydrogens is 274 g/mol. The van der Waals surface area contributed by atoms with E-state index in [0.717, 1.165) is 18.5 Å². The molecule has 1 aromatic heterocycles. The van der Waals surface area contributed by atoms with E-state index >= 15 is 0 Å². The first-order chi connectivity index (χ1) is 9.97. The number of nitrogens with one attached hydrogen (secondary N) is 1. The molecule has 2 amide bonds. The second-order valence-corrected chi connectivity index (χ2v) is 4.96. The molecule has 1 aromatic rings. The zero-order chi connectivity index (χ0) is 15.8. The third kappa shape index (κ3) is 5.45. The van der Waals surface area contributed by atoms with E-state index in [-0.39, 0.29) is 25.5 Å². The van der Waals surface area contributed by atoms with Crippen molar-refractivity contribution in [3.63, 3.8) is 0 Å². The molecule has 2 N–H and O–H groups in total. The Balaban J connectivity index is 2.44. The van der Waals surface area contributed by atoms with Crippen LogP contribution in [0.3, 0.4) is 0 Å². The first-order valence-electron chi connectivity index (χ1n) is 7.14. The Labute approximate surface area is 124 Å². The van der Waals surface area contributed by atoms with E-state index in [0.29, 0.717) is 11.7 Å². The molecule has 0 unspecified atom stereocenters. The molecule has 0 aliphatic carbocycles. The number of urea groups is 1. The monoisotopic (exact) mass is 297 g/mol. The van der Waals surface area contributed by atoms with Gasteiger partial charge in [-0.25, -0.2) is 4.79 Å². The molecule has 0 aliphatic heterocycles. The topological polar surface area (TPSA) is 95.7 Å². The molecule has 0 radical (unpaired) electrons. The molecule has 0 saturated heterocycles. The lowest BCUT2D eigenvalue weighted by Gasteiger charge is -2.16. The van der Waals surface area contributed by atoms with Gasteiger partial charge in [0, 0.05) is 25.6 Å². The molecule has 7 heteroatoms. The maximum absolute atomic E-state index is 11.7. The first kappa shape index (κ1) is 17.0. The summed E-state index contributed by atoms with van der Waals surface area (Å²) < 4.78 is 5.20. The van der Waals surface area contributed by atoms with Crippen LogP contribution in [0.15, 0.2) is 10.6 Å². The largest absolute Gasteiger partial charge is 0.481 e. The summed E-state index contributed by atoms with van der Waals surface area (Å²) in [6.07, 6.45) is 1.91. The van der Waals surface area contributed by atoms with E-state index in [9.17, 15) is 9.59 Å². The zero-order valence-corrected chi connectivity index (χ0v) is 12.8. The highest BCUT2D eigenvalue weighted by atomic mass is 16.5. The van der Waals surface area contributed by atoms with Crippen LogP contribution in [0, 0.1) is 0 Å². The first-order valence-corrected chi connectivity index (χ1v) is 7.14. The number of carboxylic acid groups (broad SMARTS) is 1. The van der Waals surface area contributed by atoms with Crippen LogP contribution in [-0.2, 0) is 11.3 Å². The lowest BCUT2D eigenvalue weighted by Crippen LogP contribution is -2.37. The SMILES string of the molecule is CCC(CC)c1cc(CNC(=O)N(C)CCC(=O)O)on1. The van der Waals surface area contributed by atoms with Gasteiger partial charge >= 0.3 is 12.0 Å². The van der Waals surface area contributed by atoms with Gasteiger partial charge in [-0.1, -0.05) is 19.0 Å². The van der Waals surface area contributed by atoms with Crippen molar-refractivity contribution in [1.29, 1.82) is 0 Å². The summed E-state index contributed by atoms with van der Waals surface area (Å²) in [5, 5.41) is 15.3. The molecule has 0 bridgehead atoms. The standard InChI is InChI=1S/C14H23N3O4/c1-4-10(5-2)12-8-11(21-16-12)9-15-14(20)17(3)7-6-13(18)19/h8,10H,4-7,9H2,1-3H3,(H,15,20)(H,18,19). The van der Waals surface area contributed by atoms with E-state index in [1.54, 1.807) is 7.05 Å². The van der Waals surface area contributed by atoms with Gasteiger partial charge in [0.05, 0.1) is 18.7 Å². The maximum atomic E-state index is 11.7. The minimum atomic E-state index is -0.931. The van der Waals surface area contributed by atoms with E-state index in [2.05, 4.69) is 24.3 Å². The predicted octanol–water partition coefficient (Wildman–Crippen LogP) is 2.19. The zero-order valence-electron chi connectivity index (χ0n) is 12.8. The van der Waals surface area contributed by atoms with Crippen LogP contribution < -0.4 is 5.32 Å². The number of aromatic nitrogens is 1. The summed E-state index contributed by atoms with van der Waals surface area (Å²) in [5.74, 6) is 0.0352. The Morgan fingerprint density at radius 3 is 2.67 bits per heavy atom. The lowest BCUT2D eigenvalue weighted by molar-refractivity contribution is -0.137. The highest BCUT2D eigenvalue weighted by molar-refractivity contribution is 5.74. The summed E-state index contributed by atoms with van der Waals surface area (Å²) in [6.45, 7) is 4.60. The Morgan fingerprint density at radius 2 is 2.10 bits per heavy atom. The Bertz CT molecular complexity index is 469. The van der Waals surface area contributed by atoms with Crippen LogP contribution in [0.1, 0.15) is 50.5 Å². The number of hydrogen-bond acceptors (Lipinski definition) is 4. The fraction of sp³-hybridized carbons (Fsp3) is 0.643. The minimum Gasteiger partial charge on any atom is -0.481 e. The molecule has 0 fully saturated rings. The molecule has 0 atom stereocenters. The summed E-state index contributed by atoms with van der Waals surface area (Å²) in [7, 11) is 1.55. The molecule has 0 saturated carbocycles. The van der Waals surface area contributed by atoms with Gasteiger partial charge in [0.1, 0.15) is 0 Å². The highest BCUT2D eigenvalue weighted by Crippen LogP contribution is 2.22. The van der Waals surface area contributed by atoms with Crippen molar-refractivity contribution in [2.75, 3.05) is 13.6 Å². The number of hydrogen-bond donors (Lipinski definition) is 2. The smallest absolute Gasteiger partial charge is 0.317 e. The molecule has 118 valence electrons. The predicted molar refractivity (Wildman–Crippen MR) is 76.9 cm³/mol. The van der Waals surface area contributed by atoms with Gasteiger partial charge in [-0.3, -0.25) is 4.79 Å². The molecular formula is C14H23N3O4. The molecule has 21 heavy (non-hydrogen) atoms. The normalized spacial score (nSPS) is 10.7. The molecule has 0 spiro atoms. The third-order valence-electron chi connectivity index (χ3n) is 3.40. The van der Waals surface area contributed by atoms with Crippen molar-refractivity contribution < 1.29 is 19.2 Å². The van der Waals surface area contributed by atoms with Gasteiger partial charge in [-0.2, -0.15) is 0 Å². The number of carbonyl (C=O) groups is 2. The second-order valence-electron chi connectivity index (χ2n) is 4.96. The summed E-state index contributed by atoms with van der Waals surface area (Å²) in [4.78, 5) is 23.5. The van der Waals surface area contributed by atoms with Gasteiger partial charge < -0.3 is 19.8 Å². The Kier molecular flexibility index (Phi) is 6.71. The van der Waals surface area contributed by atoms with Crippen LogP contribution in [0.2, 0.25) is 0 Å². The van der Waals surface area contributed by atoms with Crippen molar-refractivity contribution in [3.05, 3.63) is 17.5 Å². The van der Waals surface area contributed by atoms with Gasteiger partial charge in [-0.15, -0.1) is 0 Å². The van der Waals surface area contributed by atoms with E-state index in [1.165, 1.54) is 4.90 Å². The summed E-state index contributed by atoms with van der Waals surface area (Å²) in [6, 6.07) is 1.52. The van der Waals surface area contributed by atoms with Crippen molar-refractivity contribution in [1.82, 2.24) is 15.4 Å². The Hall–Kier alpha value is -2.05. The highest BCUT2D eigenvalue weighted by Gasteiger charge is 2.14. The van der Waals surface area contributed by atoms with Crippen molar-refractivity contribution in [2.24, 2.45) is 0 Å².